The SMILES string of the molecule is C=CCN(CCOC)c1ccc(C#N)cc1. The predicted octanol–water partition coefficient (Wildman–Crippen LogP) is 2.20. The fraction of sp³-hybridized carbons (Fsp3) is 0.308. The van der Waals surface area contributed by atoms with Crippen molar-refractivity contribution in [1.82, 2.24) is 0 Å². The Labute approximate surface area is 96.6 Å². The Morgan fingerprint density at radius 3 is 2.62 bits per heavy atom. The maximum atomic E-state index is 8.71. The van der Waals surface area contributed by atoms with Gasteiger partial charge in [0.2, 0.25) is 0 Å². The summed E-state index contributed by atoms with van der Waals surface area (Å²) in [5.74, 6) is 0. The maximum absolute atomic E-state index is 8.71. The predicted molar refractivity (Wildman–Crippen MR) is 65.4 cm³/mol. The molecule has 0 bridgehead atoms. The minimum Gasteiger partial charge on any atom is -0.383 e. The summed E-state index contributed by atoms with van der Waals surface area (Å²) in [7, 11) is 1.69. The first kappa shape index (κ1) is 12.3. The number of hydrogen-bond acceptors (Lipinski definition) is 3. The number of benzene rings is 1. The van der Waals surface area contributed by atoms with Gasteiger partial charge in [0.15, 0.2) is 0 Å². The topological polar surface area (TPSA) is 36.3 Å². The van der Waals surface area contributed by atoms with Gasteiger partial charge in [0, 0.05) is 25.9 Å². The molecule has 3 heteroatoms. The van der Waals surface area contributed by atoms with Crippen LogP contribution in [0.15, 0.2) is 36.9 Å². The lowest BCUT2D eigenvalue weighted by Crippen LogP contribution is -2.27. The minimum atomic E-state index is 0.674. The van der Waals surface area contributed by atoms with Crippen LogP contribution >= 0.6 is 0 Å². The van der Waals surface area contributed by atoms with E-state index in [2.05, 4.69) is 17.5 Å². The zero-order chi connectivity index (χ0) is 11.8. The zero-order valence-corrected chi connectivity index (χ0v) is 9.52. The Balaban J connectivity index is 2.75. The summed E-state index contributed by atoms with van der Waals surface area (Å²) in [4.78, 5) is 2.15. The van der Waals surface area contributed by atoms with Crippen LogP contribution in [-0.2, 0) is 4.74 Å². The average molecular weight is 216 g/mol. The molecule has 1 aromatic carbocycles. The lowest BCUT2D eigenvalue weighted by Gasteiger charge is -2.22. The number of rotatable bonds is 6. The molecule has 1 aromatic rings. The lowest BCUT2D eigenvalue weighted by atomic mass is 10.2. The third-order valence-corrected chi connectivity index (χ3v) is 2.28. The summed E-state index contributed by atoms with van der Waals surface area (Å²) >= 11 is 0. The molecule has 0 aliphatic carbocycles. The summed E-state index contributed by atoms with van der Waals surface area (Å²) in [6, 6.07) is 9.62. The van der Waals surface area contributed by atoms with E-state index in [9.17, 15) is 0 Å². The first-order valence-electron chi connectivity index (χ1n) is 5.16. The van der Waals surface area contributed by atoms with Gasteiger partial charge in [0.25, 0.3) is 0 Å². The first-order valence-corrected chi connectivity index (χ1v) is 5.16. The molecule has 16 heavy (non-hydrogen) atoms. The Kier molecular flexibility index (Phi) is 5.10. The molecule has 0 saturated carbocycles. The molecule has 84 valence electrons. The monoisotopic (exact) mass is 216 g/mol. The van der Waals surface area contributed by atoms with Crippen molar-refractivity contribution in [1.29, 1.82) is 5.26 Å². The van der Waals surface area contributed by atoms with E-state index in [4.69, 9.17) is 10.00 Å². The third kappa shape index (κ3) is 3.41. The molecular formula is C13H16N2O. The Hall–Kier alpha value is -1.79. The number of anilines is 1. The van der Waals surface area contributed by atoms with Crippen LogP contribution in [0.5, 0.6) is 0 Å². The van der Waals surface area contributed by atoms with Crippen molar-refractivity contribution < 1.29 is 4.74 Å². The molecule has 0 N–H and O–H groups in total. The zero-order valence-electron chi connectivity index (χ0n) is 9.52. The molecule has 0 aliphatic heterocycles. The van der Waals surface area contributed by atoms with Crippen molar-refractivity contribution in [2.24, 2.45) is 0 Å². The molecule has 0 spiro atoms. The molecule has 3 nitrogen and oxygen atoms in total. The van der Waals surface area contributed by atoms with E-state index >= 15 is 0 Å². The number of nitriles is 1. The van der Waals surface area contributed by atoms with Gasteiger partial charge in [-0.25, -0.2) is 0 Å². The van der Waals surface area contributed by atoms with E-state index in [-0.39, 0.29) is 0 Å². The highest BCUT2D eigenvalue weighted by Crippen LogP contribution is 2.14. The molecule has 0 amide bonds. The largest absolute Gasteiger partial charge is 0.383 e. The Bertz CT molecular complexity index is 365. The van der Waals surface area contributed by atoms with Crippen molar-refractivity contribution in [2.75, 3.05) is 31.7 Å². The van der Waals surface area contributed by atoms with Crippen LogP contribution in [0.25, 0.3) is 0 Å². The number of hydrogen-bond donors (Lipinski definition) is 0. The second kappa shape index (κ2) is 6.65. The van der Waals surface area contributed by atoms with Crippen LogP contribution in [0, 0.1) is 11.3 Å². The van der Waals surface area contributed by atoms with Gasteiger partial charge in [-0.15, -0.1) is 6.58 Å². The maximum Gasteiger partial charge on any atom is 0.0991 e. The van der Waals surface area contributed by atoms with Crippen LogP contribution in [-0.4, -0.2) is 26.8 Å². The summed E-state index contributed by atoms with van der Waals surface area (Å²) < 4.78 is 5.06. The van der Waals surface area contributed by atoms with Crippen LogP contribution in [0.2, 0.25) is 0 Å². The van der Waals surface area contributed by atoms with Crippen molar-refractivity contribution in [3.05, 3.63) is 42.5 Å². The van der Waals surface area contributed by atoms with Gasteiger partial charge in [0.05, 0.1) is 18.2 Å². The number of nitrogens with zero attached hydrogens (tertiary/aromatic N) is 2. The third-order valence-electron chi connectivity index (χ3n) is 2.28. The van der Waals surface area contributed by atoms with Gasteiger partial charge >= 0.3 is 0 Å². The van der Waals surface area contributed by atoms with Gasteiger partial charge in [-0.3, -0.25) is 0 Å². The standard InChI is InChI=1S/C13H16N2O/c1-3-8-15(9-10-16-2)13-6-4-12(11-14)5-7-13/h3-7H,1,8-10H2,2H3. The van der Waals surface area contributed by atoms with Crippen LogP contribution in [0.4, 0.5) is 5.69 Å². The molecule has 0 heterocycles. The fourth-order valence-electron chi connectivity index (χ4n) is 1.43. The number of methoxy groups -OCH3 is 1. The lowest BCUT2D eigenvalue weighted by molar-refractivity contribution is 0.206. The summed E-state index contributed by atoms with van der Waals surface area (Å²) in [6.45, 7) is 5.99. The molecule has 1 rings (SSSR count). The summed E-state index contributed by atoms with van der Waals surface area (Å²) in [5.41, 5.74) is 1.75. The van der Waals surface area contributed by atoms with Crippen molar-refractivity contribution >= 4 is 5.69 Å². The van der Waals surface area contributed by atoms with E-state index in [1.807, 2.05) is 30.3 Å². The highest BCUT2D eigenvalue weighted by Gasteiger charge is 2.03. The molecular weight excluding hydrogens is 200 g/mol. The van der Waals surface area contributed by atoms with Crippen LogP contribution in [0.3, 0.4) is 0 Å². The van der Waals surface area contributed by atoms with Crippen LogP contribution < -0.4 is 4.90 Å². The molecule has 0 atom stereocenters. The molecule has 0 fully saturated rings. The van der Waals surface area contributed by atoms with Crippen LogP contribution in [0.1, 0.15) is 5.56 Å². The van der Waals surface area contributed by atoms with Crippen molar-refractivity contribution in [3.8, 4) is 6.07 Å². The van der Waals surface area contributed by atoms with E-state index in [1.165, 1.54) is 0 Å². The summed E-state index contributed by atoms with van der Waals surface area (Å²) in [6.07, 6.45) is 1.86. The molecule has 0 aromatic heterocycles. The van der Waals surface area contributed by atoms with E-state index < -0.39 is 0 Å². The van der Waals surface area contributed by atoms with Gasteiger partial charge < -0.3 is 9.64 Å². The second-order valence-electron chi connectivity index (χ2n) is 3.39. The fourth-order valence-corrected chi connectivity index (χ4v) is 1.43. The second-order valence-corrected chi connectivity index (χ2v) is 3.39. The quantitative estimate of drug-likeness (QED) is 0.684. The highest BCUT2D eigenvalue weighted by atomic mass is 16.5. The van der Waals surface area contributed by atoms with Gasteiger partial charge in [-0.1, -0.05) is 6.08 Å². The molecule has 0 aliphatic rings. The number of ether oxygens (including phenoxy) is 1. The molecule has 0 unspecified atom stereocenters. The van der Waals surface area contributed by atoms with E-state index in [0.29, 0.717) is 12.2 Å². The van der Waals surface area contributed by atoms with Gasteiger partial charge in [-0.05, 0) is 24.3 Å². The first-order chi connectivity index (χ1) is 7.81. The minimum absolute atomic E-state index is 0.674. The average Bonchev–Trinajstić information content (AvgIpc) is 2.35. The summed E-state index contributed by atoms with van der Waals surface area (Å²) in [5, 5.41) is 8.71. The van der Waals surface area contributed by atoms with Crippen molar-refractivity contribution in [2.45, 2.75) is 0 Å². The smallest absolute Gasteiger partial charge is 0.0991 e. The molecule has 0 radical (unpaired) electrons. The van der Waals surface area contributed by atoms with Crippen molar-refractivity contribution in [3.63, 3.8) is 0 Å². The molecule has 0 saturated heterocycles. The van der Waals surface area contributed by atoms with Gasteiger partial charge in [-0.2, -0.15) is 5.26 Å². The van der Waals surface area contributed by atoms with Gasteiger partial charge in [0.1, 0.15) is 0 Å². The van der Waals surface area contributed by atoms with E-state index in [0.717, 1.165) is 18.8 Å². The Morgan fingerprint density at radius 2 is 2.12 bits per heavy atom. The normalized spacial score (nSPS) is 9.50. The van der Waals surface area contributed by atoms with E-state index in [1.54, 1.807) is 7.11 Å². The Morgan fingerprint density at radius 1 is 1.44 bits per heavy atom. The highest BCUT2D eigenvalue weighted by molar-refractivity contribution is 5.50.